The Morgan fingerprint density at radius 3 is 2.04 bits per heavy atom. The fourth-order valence-corrected chi connectivity index (χ4v) is 9.82. The Labute approximate surface area is 397 Å². The predicted molar refractivity (Wildman–Crippen MR) is 261 cm³/mol. The summed E-state index contributed by atoms with van der Waals surface area (Å²) in [5, 5.41) is 54.5. The summed E-state index contributed by atoms with van der Waals surface area (Å²) in [6.07, 6.45) is 22.1. The first-order valence-electron chi connectivity index (χ1n) is 24.6. The van der Waals surface area contributed by atoms with Gasteiger partial charge in [0.05, 0.1) is 47.4 Å². The molecule has 1 aliphatic carbocycles. The molecule has 1 saturated carbocycles. The van der Waals surface area contributed by atoms with Gasteiger partial charge in [-0.25, -0.2) is 0 Å². The molecule has 14 nitrogen and oxygen atoms in total. The van der Waals surface area contributed by atoms with E-state index in [0.29, 0.717) is 0 Å². The predicted octanol–water partition coefficient (Wildman–Crippen LogP) is 9.82. The number of fused-ring (bicyclic) bond motifs is 14. The minimum absolute atomic E-state index is 0.0215. The van der Waals surface area contributed by atoms with E-state index in [0.717, 1.165) is 38.5 Å². The van der Waals surface area contributed by atoms with Gasteiger partial charge in [-0.05, 0) is 38.8 Å². The lowest BCUT2D eigenvalue weighted by Gasteiger charge is -2.38. The molecular formula is C53H77N3O11. The van der Waals surface area contributed by atoms with Gasteiger partial charge in [0.2, 0.25) is 0 Å². The van der Waals surface area contributed by atoms with E-state index in [2.05, 4.69) is 15.8 Å². The summed E-state index contributed by atoms with van der Waals surface area (Å²) >= 11 is 0. The summed E-state index contributed by atoms with van der Waals surface area (Å²) in [7, 11) is 1.47. The van der Waals surface area contributed by atoms with Gasteiger partial charge >= 0.3 is 11.8 Å². The minimum Gasteiger partial charge on any atom is -0.507 e. The number of allylic oxidation sites excluding steroid dienone is 2. The van der Waals surface area contributed by atoms with E-state index in [-0.39, 0.29) is 56.3 Å². The van der Waals surface area contributed by atoms with Gasteiger partial charge in [-0.1, -0.05) is 123 Å². The number of esters is 1. The number of ketones is 1. The van der Waals surface area contributed by atoms with E-state index in [9.17, 15) is 34.8 Å². The van der Waals surface area contributed by atoms with Gasteiger partial charge in [0.1, 0.15) is 17.6 Å². The zero-order chi connectivity index (χ0) is 49.0. The van der Waals surface area contributed by atoms with Crippen molar-refractivity contribution in [3.8, 4) is 17.2 Å². The lowest BCUT2D eigenvalue weighted by Crippen LogP contribution is -2.46. The standard InChI is InChI=1S/C53H77N3O11/c1-31-23-22-24-32(2)52(63)55-44-38(30-54-56-39-25-20-18-16-14-12-10-11-13-15-17-19-21-26-39)29-40-42(48(44)61)47(60)36(6)50-43(40)51(62)53(8,67-50)65-28-27-41(64-9)33(3)49(66-37(7)57)35(5)46(59)34(4)45(31)58/h22-24,27-31,33-35,39,41,45-46,49,56,58-61H,10-21,25-26H2,1-9H3,(H,55,63)/b23-22+,28-27+,32-24-,54-30+. The maximum absolute atomic E-state index is 14.6. The van der Waals surface area contributed by atoms with Gasteiger partial charge in [0.15, 0.2) is 5.75 Å². The smallest absolute Gasteiger partial charge is 0.312 e. The van der Waals surface area contributed by atoms with Crippen LogP contribution in [0.5, 0.6) is 17.2 Å². The molecule has 3 heterocycles. The van der Waals surface area contributed by atoms with Crippen molar-refractivity contribution in [3.05, 3.63) is 58.9 Å². The van der Waals surface area contributed by atoms with E-state index in [4.69, 9.17) is 18.9 Å². The molecule has 1 fully saturated rings. The van der Waals surface area contributed by atoms with Crippen LogP contribution in [0.1, 0.15) is 160 Å². The Hall–Kier alpha value is -4.92. The second-order valence-electron chi connectivity index (χ2n) is 19.4. The number of aliphatic hydroxyl groups excluding tert-OH is 2. The maximum atomic E-state index is 14.6. The number of phenolic OH excluding ortho intramolecular Hbond substituents is 2. The van der Waals surface area contributed by atoms with Crippen molar-refractivity contribution >= 4 is 40.3 Å². The highest BCUT2D eigenvalue weighted by Crippen LogP contribution is 2.51. The number of aromatic hydroxyl groups is 2. The Balaban J connectivity index is 1.60. The molecule has 5 bridgehead atoms. The molecule has 4 aliphatic rings. The molecule has 0 saturated heterocycles. The molecule has 0 radical (unpaired) electrons. The summed E-state index contributed by atoms with van der Waals surface area (Å²) in [6, 6.07) is 1.71. The number of amides is 1. The number of anilines is 1. The average Bonchev–Trinajstić information content (AvgIpc) is 3.56. The van der Waals surface area contributed by atoms with Crippen LogP contribution < -0.4 is 15.5 Å². The summed E-state index contributed by atoms with van der Waals surface area (Å²) in [5.41, 5.74) is 4.11. The van der Waals surface area contributed by atoms with E-state index in [1.165, 1.54) is 84.8 Å². The molecule has 9 unspecified atom stereocenters. The highest BCUT2D eigenvalue weighted by atomic mass is 16.7. The van der Waals surface area contributed by atoms with Crippen molar-refractivity contribution in [2.75, 3.05) is 12.4 Å². The fraction of sp³-hybridized carbons (Fsp3) is 0.623. The lowest BCUT2D eigenvalue weighted by molar-refractivity contribution is -0.160. The highest BCUT2D eigenvalue weighted by Gasteiger charge is 2.49. The summed E-state index contributed by atoms with van der Waals surface area (Å²) in [4.78, 5) is 40.9. The second-order valence-corrected chi connectivity index (χ2v) is 19.4. The van der Waals surface area contributed by atoms with Crippen molar-refractivity contribution in [2.24, 2.45) is 28.8 Å². The molecule has 0 aromatic heterocycles. The number of rotatable bonds is 5. The number of hydrazone groups is 1. The Morgan fingerprint density at radius 2 is 1.46 bits per heavy atom. The van der Waals surface area contributed by atoms with E-state index in [1.807, 2.05) is 0 Å². The molecule has 0 spiro atoms. The number of carbonyl (C=O) groups is 3. The third-order valence-corrected chi connectivity index (χ3v) is 14.2. The Morgan fingerprint density at radius 1 is 0.866 bits per heavy atom. The van der Waals surface area contributed by atoms with Crippen LogP contribution in [-0.4, -0.2) is 87.7 Å². The third kappa shape index (κ3) is 13.0. The number of ether oxygens (including phenoxy) is 4. The molecule has 2 aromatic carbocycles. The van der Waals surface area contributed by atoms with E-state index in [1.54, 1.807) is 71.9 Å². The van der Waals surface area contributed by atoms with Crippen LogP contribution in [0.25, 0.3) is 10.8 Å². The minimum atomic E-state index is -1.93. The molecule has 2 aromatic rings. The van der Waals surface area contributed by atoms with Crippen LogP contribution in [0.4, 0.5) is 5.69 Å². The highest BCUT2D eigenvalue weighted by molar-refractivity contribution is 6.21. The van der Waals surface area contributed by atoms with Crippen LogP contribution in [0, 0.1) is 30.6 Å². The number of hydrogen-bond acceptors (Lipinski definition) is 13. The topological polar surface area (TPSA) is 205 Å². The van der Waals surface area contributed by atoms with Crippen molar-refractivity contribution in [1.29, 1.82) is 0 Å². The van der Waals surface area contributed by atoms with E-state index < -0.39 is 77.3 Å². The summed E-state index contributed by atoms with van der Waals surface area (Å²) in [5.74, 6) is -6.77. The number of benzene rings is 2. The fourth-order valence-electron chi connectivity index (χ4n) is 9.82. The van der Waals surface area contributed by atoms with Crippen LogP contribution in [0.2, 0.25) is 0 Å². The SMILES string of the molecule is COC1/C=C/OC2(C)Oc3c(C)c(O)c4c(O)c(c(/C=N/NC5CCCCCCCCCCCCCC5)cc4c3C2=O)NC(=O)/C(C)=C\C=C\C(C)C(O)C(C)C(O)C(C)C(OC(C)=O)C1C. The number of nitrogens with one attached hydrogen (secondary N) is 2. The van der Waals surface area contributed by atoms with Crippen molar-refractivity contribution in [2.45, 2.75) is 182 Å². The molecule has 14 heteroatoms. The third-order valence-electron chi connectivity index (χ3n) is 14.2. The second kappa shape index (κ2) is 24.4. The molecule has 67 heavy (non-hydrogen) atoms. The van der Waals surface area contributed by atoms with Crippen molar-refractivity contribution in [3.63, 3.8) is 0 Å². The van der Waals surface area contributed by atoms with Gasteiger partial charge in [-0.15, -0.1) is 0 Å². The molecule has 3 aliphatic heterocycles. The van der Waals surface area contributed by atoms with Crippen LogP contribution in [0.3, 0.4) is 0 Å². The van der Waals surface area contributed by atoms with Gasteiger partial charge in [-0.2, -0.15) is 5.10 Å². The summed E-state index contributed by atoms with van der Waals surface area (Å²) in [6.45, 7) is 12.9. The first-order valence-corrected chi connectivity index (χ1v) is 24.6. The number of Topliss-reactive ketones (excluding diaryl/α,β-unsaturated/α-hetero) is 1. The number of methoxy groups -OCH3 is 1. The maximum Gasteiger partial charge on any atom is 0.312 e. The molecule has 370 valence electrons. The van der Waals surface area contributed by atoms with Gasteiger partial charge in [0.25, 0.3) is 11.7 Å². The number of hydrogen-bond donors (Lipinski definition) is 6. The zero-order valence-electron chi connectivity index (χ0n) is 41.2. The van der Waals surface area contributed by atoms with Gasteiger partial charge in [-0.3, -0.25) is 14.4 Å². The van der Waals surface area contributed by atoms with Crippen LogP contribution in [0.15, 0.2) is 47.3 Å². The van der Waals surface area contributed by atoms with Crippen molar-refractivity contribution < 1.29 is 53.8 Å². The molecule has 6 N–H and O–H groups in total. The average molecular weight is 932 g/mol. The molecule has 6 rings (SSSR count). The number of nitrogens with zero attached hydrogens (tertiary/aromatic N) is 1. The molecular weight excluding hydrogens is 855 g/mol. The number of aliphatic hydroxyl groups is 2. The van der Waals surface area contributed by atoms with Crippen LogP contribution in [-0.2, 0) is 23.8 Å². The lowest BCUT2D eigenvalue weighted by atomic mass is 9.78. The molecule has 1 amide bonds. The Bertz CT molecular complexity index is 2150. The number of carbonyl (C=O) groups excluding carboxylic acids is 3. The van der Waals surface area contributed by atoms with Gasteiger partial charge in [0, 0.05) is 72.8 Å². The van der Waals surface area contributed by atoms with Gasteiger partial charge < -0.3 is 50.1 Å². The zero-order valence-corrected chi connectivity index (χ0v) is 41.2. The summed E-state index contributed by atoms with van der Waals surface area (Å²) < 4.78 is 23.9. The quantitative estimate of drug-likeness (QED) is 0.0718. The Kier molecular flexibility index (Phi) is 19.3. The monoisotopic (exact) mass is 932 g/mol. The first kappa shape index (κ1) is 53.0. The number of phenols is 2. The van der Waals surface area contributed by atoms with Crippen molar-refractivity contribution in [1.82, 2.24) is 5.43 Å². The molecule has 9 atom stereocenters. The van der Waals surface area contributed by atoms with Crippen LogP contribution >= 0.6 is 0 Å². The van der Waals surface area contributed by atoms with E-state index >= 15 is 0 Å². The first-order chi connectivity index (χ1) is 31.9. The largest absolute Gasteiger partial charge is 0.507 e. The normalized spacial score (nSPS) is 31.2.